The monoisotopic (exact) mass is 436 g/mol. The van der Waals surface area contributed by atoms with Crippen molar-refractivity contribution >= 4 is 34.8 Å². The van der Waals surface area contributed by atoms with Crippen LogP contribution in [0.4, 0.5) is 11.4 Å². The summed E-state index contributed by atoms with van der Waals surface area (Å²) in [6, 6.07) is 19.2. The van der Waals surface area contributed by atoms with Crippen LogP contribution in [0.5, 0.6) is 11.5 Å². The third-order valence-corrected chi connectivity index (χ3v) is 5.77. The topological polar surface area (TPSA) is 90.3 Å². The first-order chi connectivity index (χ1) is 15.0. The molecule has 0 aromatic heterocycles. The summed E-state index contributed by atoms with van der Waals surface area (Å²) < 4.78 is 0. The molecule has 0 spiro atoms. The van der Waals surface area contributed by atoms with Crippen LogP contribution in [0, 0.1) is 5.92 Å². The molecule has 3 atom stereocenters. The average Bonchev–Trinajstić information content (AvgIpc) is 3.27. The van der Waals surface area contributed by atoms with Crippen molar-refractivity contribution in [1.82, 2.24) is 0 Å². The number of halogens is 1. The molecule has 0 radical (unpaired) electrons. The lowest BCUT2D eigenvalue weighted by atomic mass is 9.90. The molecule has 0 bridgehead atoms. The molecule has 156 valence electrons. The summed E-state index contributed by atoms with van der Waals surface area (Å²) in [5, 5.41) is 21.7. The van der Waals surface area contributed by atoms with E-state index in [1.165, 1.54) is 17.2 Å². The van der Waals surface area contributed by atoms with E-state index in [1.54, 1.807) is 42.5 Å². The first-order valence-electron chi connectivity index (χ1n) is 9.62. The quantitative estimate of drug-likeness (QED) is 0.479. The number of phenolic OH excluding ortho intramolecular Hbond substituents is 2. The molecule has 3 aromatic rings. The van der Waals surface area contributed by atoms with Crippen LogP contribution in [0.2, 0.25) is 5.02 Å². The summed E-state index contributed by atoms with van der Waals surface area (Å²) >= 11 is 6.06. The number of carbonyl (C=O) groups excluding carboxylic acids is 2. The Morgan fingerprint density at radius 3 is 2.26 bits per heavy atom. The van der Waals surface area contributed by atoms with Gasteiger partial charge in [0, 0.05) is 5.02 Å². The Morgan fingerprint density at radius 1 is 0.806 bits per heavy atom. The van der Waals surface area contributed by atoms with E-state index in [9.17, 15) is 19.8 Å². The largest absolute Gasteiger partial charge is 0.504 e. The normalized spacial score (nSPS) is 22.8. The van der Waals surface area contributed by atoms with E-state index in [0.717, 1.165) is 4.90 Å². The number of imide groups is 1. The number of para-hydroxylation sites is 1. The number of aromatic hydroxyl groups is 2. The number of phenols is 2. The number of hydroxylamine groups is 1. The third-order valence-electron chi connectivity index (χ3n) is 5.53. The van der Waals surface area contributed by atoms with Crippen molar-refractivity contribution in [3.8, 4) is 11.5 Å². The lowest BCUT2D eigenvalue weighted by Gasteiger charge is -2.28. The number of hydrogen-bond acceptors (Lipinski definition) is 6. The van der Waals surface area contributed by atoms with E-state index in [-0.39, 0.29) is 11.5 Å². The highest BCUT2D eigenvalue weighted by Crippen LogP contribution is 2.48. The SMILES string of the molecule is O=C1[C@@H]2[C@@H](c3ccc(O)c(O)c3)N(c3ccccc3)O[C@H]2C(=O)N1c1cccc(Cl)c1. The molecule has 2 aliphatic rings. The molecule has 2 amide bonds. The maximum absolute atomic E-state index is 13.5. The zero-order chi connectivity index (χ0) is 21.7. The Balaban J connectivity index is 1.61. The fraction of sp³-hybridized carbons (Fsp3) is 0.130. The van der Waals surface area contributed by atoms with E-state index in [0.29, 0.717) is 22.0 Å². The fourth-order valence-corrected chi connectivity index (χ4v) is 4.33. The molecule has 7 nitrogen and oxygen atoms in total. The second kappa shape index (κ2) is 7.30. The van der Waals surface area contributed by atoms with Gasteiger partial charge >= 0.3 is 0 Å². The van der Waals surface area contributed by atoms with Crippen LogP contribution in [-0.2, 0) is 14.4 Å². The molecule has 31 heavy (non-hydrogen) atoms. The van der Waals surface area contributed by atoms with Gasteiger partial charge in [-0.2, -0.15) is 0 Å². The molecule has 2 aliphatic heterocycles. The molecule has 3 aromatic carbocycles. The van der Waals surface area contributed by atoms with Crippen molar-refractivity contribution in [2.45, 2.75) is 12.1 Å². The van der Waals surface area contributed by atoms with E-state index in [1.807, 2.05) is 18.2 Å². The fourth-order valence-electron chi connectivity index (χ4n) is 4.15. The van der Waals surface area contributed by atoms with Gasteiger partial charge < -0.3 is 10.2 Å². The highest BCUT2D eigenvalue weighted by atomic mass is 35.5. The first-order valence-corrected chi connectivity index (χ1v) is 10.00. The zero-order valence-electron chi connectivity index (χ0n) is 16.1. The standard InChI is InChI=1S/C23H17ClN2O5/c24-14-5-4-8-16(12-14)25-22(29)19-20(13-9-10-17(27)18(28)11-13)26(31-21(19)23(25)30)15-6-2-1-3-7-15/h1-12,19-21,27-28H/t19-,20-,21-/m1/s1. The van der Waals surface area contributed by atoms with Crippen LogP contribution < -0.4 is 9.96 Å². The van der Waals surface area contributed by atoms with Crippen molar-refractivity contribution < 1.29 is 24.6 Å². The third kappa shape index (κ3) is 3.10. The second-order valence-electron chi connectivity index (χ2n) is 7.40. The second-order valence-corrected chi connectivity index (χ2v) is 7.83. The van der Waals surface area contributed by atoms with Crippen LogP contribution in [-0.4, -0.2) is 28.1 Å². The summed E-state index contributed by atoms with van der Waals surface area (Å²) in [5.74, 6) is -2.36. The molecule has 2 fully saturated rings. The summed E-state index contributed by atoms with van der Waals surface area (Å²) in [7, 11) is 0. The van der Waals surface area contributed by atoms with Gasteiger partial charge in [0.2, 0.25) is 5.91 Å². The number of benzene rings is 3. The van der Waals surface area contributed by atoms with Crippen LogP contribution >= 0.6 is 11.6 Å². The number of hydrogen-bond donors (Lipinski definition) is 2. The van der Waals surface area contributed by atoms with E-state index < -0.39 is 29.9 Å². The average molecular weight is 437 g/mol. The maximum atomic E-state index is 13.5. The van der Waals surface area contributed by atoms with Gasteiger partial charge in [-0.15, -0.1) is 0 Å². The number of amides is 2. The predicted octanol–water partition coefficient (Wildman–Crippen LogP) is 3.80. The Bertz CT molecular complexity index is 1190. The molecule has 2 N–H and O–H groups in total. The lowest BCUT2D eigenvalue weighted by Crippen LogP contribution is -2.37. The van der Waals surface area contributed by atoms with Gasteiger partial charge in [0.1, 0.15) is 5.92 Å². The number of nitrogens with zero attached hydrogens (tertiary/aromatic N) is 2. The number of fused-ring (bicyclic) bond motifs is 1. The number of carbonyl (C=O) groups is 2. The summed E-state index contributed by atoms with van der Waals surface area (Å²) in [4.78, 5) is 33.8. The van der Waals surface area contributed by atoms with Crippen LogP contribution in [0.15, 0.2) is 72.8 Å². The number of rotatable bonds is 3. The summed E-state index contributed by atoms with van der Waals surface area (Å²) in [6.45, 7) is 0. The highest BCUT2D eigenvalue weighted by Gasteiger charge is 2.60. The Hall–Kier alpha value is -3.55. The van der Waals surface area contributed by atoms with Crippen LogP contribution in [0.3, 0.4) is 0 Å². The van der Waals surface area contributed by atoms with Gasteiger partial charge in [-0.3, -0.25) is 14.4 Å². The molecule has 5 rings (SSSR count). The van der Waals surface area contributed by atoms with Crippen molar-refractivity contribution in [2.75, 3.05) is 9.96 Å². The minimum Gasteiger partial charge on any atom is -0.504 e. The first kappa shape index (κ1) is 19.4. The molecule has 0 unspecified atom stereocenters. The smallest absolute Gasteiger partial charge is 0.266 e. The van der Waals surface area contributed by atoms with Crippen molar-refractivity contribution in [2.24, 2.45) is 5.92 Å². The highest BCUT2D eigenvalue weighted by molar-refractivity contribution is 6.31. The minimum atomic E-state index is -1.03. The van der Waals surface area contributed by atoms with Gasteiger partial charge in [-0.1, -0.05) is 41.9 Å². The van der Waals surface area contributed by atoms with Gasteiger partial charge in [0.05, 0.1) is 17.4 Å². The Kier molecular flexibility index (Phi) is 4.57. The Labute approximate surface area is 182 Å². The van der Waals surface area contributed by atoms with Gasteiger partial charge in [-0.05, 0) is 48.0 Å². The Morgan fingerprint density at radius 2 is 1.55 bits per heavy atom. The van der Waals surface area contributed by atoms with Crippen LogP contribution in [0.25, 0.3) is 0 Å². The van der Waals surface area contributed by atoms with Crippen molar-refractivity contribution in [1.29, 1.82) is 0 Å². The van der Waals surface area contributed by atoms with E-state index in [2.05, 4.69) is 0 Å². The molecule has 2 saturated heterocycles. The molecular formula is C23H17ClN2O5. The summed E-state index contributed by atoms with van der Waals surface area (Å²) in [5.41, 5.74) is 1.56. The van der Waals surface area contributed by atoms with E-state index >= 15 is 0 Å². The summed E-state index contributed by atoms with van der Waals surface area (Å²) in [6.07, 6.45) is -1.03. The minimum absolute atomic E-state index is 0.278. The van der Waals surface area contributed by atoms with Gasteiger partial charge in [0.25, 0.3) is 5.91 Å². The van der Waals surface area contributed by atoms with Crippen molar-refractivity contribution in [3.05, 3.63) is 83.4 Å². The zero-order valence-corrected chi connectivity index (χ0v) is 16.8. The van der Waals surface area contributed by atoms with E-state index in [4.69, 9.17) is 16.4 Å². The molecule has 0 aliphatic carbocycles. The molecule has 8 heteroatoms. The van der Waals surface area contributed by atoms with Crippen LogP contribution in [0.1, 0.15) is 11.6 Å². The van der Waals surface area contributed by atoms with Crippen molar-refractivity contribution in [3.63, 3.8) is 0 Å². The molecule has 0 saturated carbocycles. The number of anilines is 2. The maximum Gasteiger partial charge on any atom is 0.266 e. The molecular weight excluding hydrogens is 420 g/mol. The lowest BCUT2D eigenvalue weighted by molar-refractivity contribution is -0.126. The van der Waals surface area contributed by atoms with Gasteiger partial charge in [0.15, 0.2) is 17.6 Å². The molecule has 2 heterocycles. The predicted molar refractivity (Wildman–Crippen MR) is 114 cm³/mol. The van der Waals surface area contributed by atoms with Gasteiger partial charge in [-0.25, -0.2) is 9.96 Å².